The molecule has 0 heterocycles. The maximum absolute atomic E-state index is 12.5. The van der Waals surface area contributed by atoms with E-state index in [2.05, 4.69) is 68.5 Å². The topological polar surface area (TPSA) is 99.1 Å². The highest BCUT2D eigenvalue weighted by molar-refractivity contribution is 5.72. The Kier molecular flexibility index (Phi) is 28.1. The number of likely N-dealkylation sites (N-methyl/N-ethyl adjacent to an activating group) is 1. The molecule has 0 aromatic rings. The number of carboxylic acid groups (broad SMARTS) is 1. The van der Waals surface area contributed by atoms with Crippen molar-refractivity contribution in [3.05, 3.63) is 72.9 Å². The Balaban J connectivity index is 4.57. The number of quaternary nitrogens is 1. The number of nitrogens with zero attached hydrogens (tertiary/aromatic N) is 1. The third kappa shape index (κ3) is 28.7. The fraction of sp³-hybridized carbons (Fsp3) is 0.615. The largest absolute Gasteiger partial charge is 0.477 e. The summed E-state index contributed by atoms with van der Waals surface area (Å²) in [5, 5.41) is 9.54. The van der Waals surface area contributed by atoms with Gasteiger partial charge in [-0.2, -0.15) is 0 Å². The second-order valence-corrected chi connectivity index (χ2v) is 12.4. The molecule has 47 heavy (non-hydrogen) atoms. The molecule has 0 fully saturated rings. The molecule has 0 saturated heterocycles. The Morgan fingerprint density at radius 1 is 0.660 bits per heavy atom. The maximum Gasteiger partial charge on any atom is 0.362 e. The van der Waals surface area contributed by atoms with Crippen LogP contribution in [-0.2, 0) is 28.6 Å². The van der Waals surface area contributed by atoms with E-state index >= 15 is 0 Å². The SMILES string of the molecule is CC/C=C/C/C=C/C/C=C/C/C=C/C/C=C/CCC(=O)OCC(COCCC(C(=O)O)[N+](C)(C)C)OC(=O)CC/C=C/CCCCC. The number of hydrogen-bond acceptors (Lipinski definition) is 6. The number of rotatable bonds is 29. The lowest BCUT2D eigenvalue weighted by Gasteiger charge is -2.31. The molecule has 0 amide bonds. The van der Waals surface area contributed by atoms with Gasteiger partial charge in [0.05, 0.1) is 34.4 Å². The van der Waals surface area contributed by atoms with Crippen LogP contribution in [0.5, 0.6) is 0 Å². The molecular formula is C39H64NO7+. The van der Waals surface area contributed by atoms with Crippen molar-refractivity contribution in [2.75, 3.05) is 41.0 Å². The standard InChI is InChI=1S/C39H63NO7/c1-6-8-10-12-14-15-16-17-18-19-20-21-22-24-25-27-29-37(41)46-34-35(33-45-32-31-36(39(43)44)40(3,4)5)47-38(42)30-28-26-23-13-11-9-7-2/h8,10,14-15,17-18,20-21,23-26,35-36H,6-7,9,11-13,16,19,22,27-34H2,1-5H3/p+1/b10-8+,15-14+,18-17+,21-20+,25-24+,26-23+. The average Bonchev–Trinajstić information content (AvgIpc) is 3.01. The number of allylic oxidation sites excluding steroid dienone is 12. The Bertz CT molecular complexity index is 1000. The van der Waals surface area contributed by atoms with Crippen LogP contribution in [0.1, 0.15) is 104 Å². The molecule has 266 valence electrons. The summed E-state index contributed by atoms with van der Waals surface area (Å²) in [5.41, 5.74) is 0. The highest BCUT2D eigenvalue weighted by Gasteiger charge is 2.31. The third-order valence-electron chi connectivity index (χ3n) is 7.12. The first-order valence-electron chi connectivity index (χ1n) is 17.5. The molecule has 2 atom stereocenters. The summed E-state index contributed by atoms with van der Waals surface area (Å²) in [6, 6.07) is -0.631. The van der Waals surface area contributed by atoms with E-state index in [4.69, 9.17) is 14.2 Å². The molecule has 1 N–H and O–H groups in total. The molecule has 0 aliphatic heterocycles. The van der Waals surface area contributed by atoms with Gasteiger partial charge in [-0.05, 0) is 57.8 Å². The molecule has 0 aliphatic carbocycles. The van der Waals surface area contributed by atoms with Gasteiger partial charge in [-0.25, -0.2) is 4.79 Å². The summed E-state index contributed by atoms with van der Waals surface area (Å²) in [6.07, 6.45) is 35.7. The first-order valence-corrected chi connectivity index (χ1v) is 17.5. The molecule has 0 radical (unpaired) electrons. The first kappa shape index (κ1) is 43.8. The first-order chi connectivity index (χ1) is 22.6. The molecule has 0 aromatic heterocycles. The fourth-order valence-corrected chi connectivity index (χ4v) is 4.39. The molecule has 0 bridgehead atoms. The van der Waals surface area contributed by atoms with Crippen LogP contribution in [0, 0.1) is 0 Å². The van der Waals surface area contributed by atoms with E-state index in [1.54, 1.807) is 0 Å². The smallest absolute Gasteiger partial charge is 0.362 e. The van der Waals surface area contributed by atoms with Gasteiger partial charge in [-0.1, -0.05) is 99.6 Å². The van der Waals surface area contributed by atoms with Crippen LogP contribution >= 0.6 is 0 Å². The van der Waals surface area contributed by atoms with E-state index < -0.39 is 18.1 Å². The zero-order valence-corrected chi connectivity index (χ0v) is 29.9. The van der Waals surface area contributed by atoms with Crippen molar-refractivity contribution in [2.45, 2.75) is 116 Å². The minimum absolute atomic E-state index is 0.0180. The van der Waals surface area contributed by atoms with Crippen LogP contribution in [0.3, 0.4) is 0 Å². The summed E-state index contributed by atoms with van der Waals surface area (Å²) < 4.78 is 16.9. The van der Waals surface area contributed by atoms with Gasteiger partial charge in [0.25, 0.3) is 0 Å². The monoisotopic (exact) mass is 658 g/mol. The zero-order chi connectivity index (χ0) is 35.0. The fourth-order valence-electron chi connectivity index (χ4n) is 4.39. The highest BCUT2D eigenvalue weighted by atomic mass is 16.6. The van der Waals surface area contributed by atoms with E-state index in [0.29, 0.717) is 19.3 Å². The number of esters is 2. The summed E-state index contributed by atoms with van der Waals surface area (Å²) >= 11 is 0. The number of carbonyl (C=O) groups is 3. The molecule has 8 heteroatoms. The van der Waals surface area contributed by atoms with E-state index in [9.17, 15) is 19.5 Å². The number of hydrogen-bond donors (Lipinski definition) is 1. The predicted octanol–water partition coefficient (Wildman–Crippen LogP) is 8.46. The lowest BCUT2D eigenvalue weighted by Crippen LogP contribution is -2.50. The molecule has 0 aromatic carbocycles. The van der Waals surface area contributed by atoms with Crippen molar-refractivity contribution in [3.63, 3.8) is 0 Å². The zero-order valence-electron chi connectivity index (χ0n) is 29.9. The van der Waals surface area contributed by atoms with Crippen molar-refractivity contribution in [1.29, 1.82) is 0 Å². The quantitative estimate of drug-likeness (QED) is 0.0373. The van der Waals surface area contributed by atoms with E-state index in [1.807, 2.05) is 39.4 Å². The van der Waals surface area contributed by atoms with Gasteiger partial charge < -0.3 is 23.8 Å². The summed E-state index contributed by atoms with van der Waals surface area (Å²) in [5.74, 6) is -1.66. The van der Waals surface area contributed by atoms with Crippen LogP contribution in [0.25, 0.3) is 0 Å². The number of carbonyl (C=O) groups excluding carboxylic acids is 2. The summed E-state index contributed by atoms with van der Waals surface area (Å²) in [6.45, 7) is 4.39. The summed E-state index contributed by atoms with van der Waals surface area (Å²) in [7, 11) is 5.46. The molecule has 8 nitrogen and oxygen atoms in total. The lowest BCUT2D eigenvalue weighted by atomic mass is 10.1. The van der Waals surface area contributed by atoms with Crippen molar-refractivity contribution in [2.24, 2.45) is 0 Å². The Morgan fingerprint density at radius 3 is 1.70 bits per heavy atom. The molecule has 0 spiro atoms. The van der Waals surface area contributed by atoms with E-state index in [-0.39, 0.29) is 49.1 Å². The molecule has 2 unspecified atom stereocenters. The summed E-state index contributed by atoms with van der Waals surface area (Å²) in [4.78, 5) is 36.5. The Labute approximate surface area is 285 Å². The molecule has 0 rings (SSSR count). The molecule has 0 aliphatic rings. The predicted molar refractivity (Wildman–Crippen MR) is 192 cm³/mol. The van der Waals surface area contributed by atoms with E-state index in [1.165, 1.54) is 12.8 Å². The van der Waals surface area contributed by atoms with Crippen molar-refractivity contribution in [1.82, 2.24) is 0 Å². The van der Waals surface area contributed by atoms with Crippen molar-refractivity contribution in [3.8, 4) is 0 Å². The van der Waals surface area contributed by atoms with Crippen molar-refractivity contribution < 1.29 is 38.2 Å². The minimum Gasteiger partial charge on any atom is -0.477 e. The second-order valence-electron chi connectivity index (χ2n) is 12.4. The normalized spacial score (nSPS) is 14.0. The lowest BCUT2D eigenvalue weighted by molar-refractivity contribution is -0.887. The van der Waals surface area contributed by atoms with Gasteiger partial charge in [-0.15, -0.1) is 0 Å². The van der Waals surface area contributed by atoms with Gasteiger partial charge in [0.1, 0.15) is 6.61 Å². The number of carboxylic acids is 1. The van der Waals surface area contributed by atoms with Gasteiger partial charge >= 0.3 is 17.9 Å². The number of ether oxygens (including phenoxy) is 3. The molecular weight excluding hydrogens is 594 g/mol. The number of aliphatic carboxylic acids is 1. The highest BCUT2D eigenvalue weighted by Crippen LogP contribution is 2.10. The minimum atomic E-state index is -0.895. The average molecular weight is 659 g/mol. The number of unbranched alkanes of at least 4 members (excludes halogenated alkanes) is 3. The van der Waals surface area contributed by atoms with Gasteiger partial charge in [-0.3, -0.25) is 9.59 Å². The van der Waals surface area contributed by atoms with Crippen LogP contribution < -0.4 is 0 Å². The van der Waals surface area contributed by atoms with Crippen LogP contribution in [-0.4, -0.2) is 80.6 Å². The van der Waals surface area contributed by atoms with Gasteiger partial charge in [0, 0.05) is 19.3 Å². The van der Waals surface area contributed by atoms with Crippen LogP contribution in [0.4, 0.5) is 0 Å². The Hall–Kier alpha value is -3.23. The molecule has 0 saturated carbocycles. The third-order valence-corrected chi connectivity index (χ3v) is 7.12. The van der Waals surface area contributed by atoms with Crippen molar-refractivity contribution >= 4 is 17.9 Å². The van der Waals surface area contributed by atoms with Gasteiger partial charge in [0.15, 0.2) is 12.1 Å². The van der Waals surface area contributed by atoms with E-state index in [0.717, 1.165) is 44.9 Å². The van der Waals surface area contributed by atoms with Crippen LogP contribution in [0.2, 0.25) is 0 Å². The van der Waals surface area contributed by atoms with Crippen LogP contribution in [0.15, 0.2) is 72.9 Å². The maximum atomic E-state index is 12.5. The van der Waals surface area contributed by atoms with Gasteiger partial charge in [0.2, 0.25) is 0 Å². The Morgan fingerprint density at radius 2 is 1.17 bits per heavy atom. The second kappa shape index (κ2) is 30.1.